The molecule has 0 bridgehead atoms. The maximum Gasteiger partial charge on any atom is 0.317 e. The Hall–Kier alpha value is -1.59. The summed E-state index contributed by atoms with van der Waals surface area (Å²) in [6.45, 7) is 4.48. The molecule has 0 aromatic heterocycles. The Balaban J connectivity index is 1.31. The van der Waals surface area contributed by atoms with Crippen molar-refractivity contribution >= 4 is 6.03 Å². The molecule has 2 amide bonds. The minimum atomic E-state index is -0.358. The number of aliphatic hydroxyl groups excluding tert-OH is 1. The number of benzene rings is 1. The number of hydrogen-bond donors (Lipinski definition) is 2. The van der Waals surface area contributed by atoms with E-state index in [0.717, 1.165) is 45.4 Å². The van der Waals surface area contributed by atoms with Crippen LogP contribution in [0, 0.1) is 11.8 Å². The summed E-state index contributed by atoms with van der Waals surface area (Å²) in [6.07, 6.45) is 3.66. The topological polar surface area (TPSA) is 55.8 Å². The molecule has 3 fully saturated rings. The second-order valence-electron chi connectivity index (χ2n) is 7.98. The van der Waals surface area contributed by atoms with Gasteiger partial charge in [-0.15, -0.1) is 0 Å². The molecule has 136 valence electrons. The van der Waals surface area contributed by atoms with Crippen LogP contribution in [0.3, 0.4) is 0 Å². The third-order valence-corrected chi connectivity index (χ3v) is 6.17. The van der Waals surface area contributed by atoms with Gasteiger partial charge in [0.05, 0.1) is 6.10 Å². The van der Waals surface area contributed by atoms with Crippen molar-refractivity contribution in [2.75, 3.05) is 26.2 Å². The highest BCUT2D eigenvalue weighted by molar-refractivity contribution is 5.74. The van der Waals surface area contributed by atoms with Crippen LogP contribution in [0.5, 0.6) is 0 Å². The molecule has 2 N–H and O–H groups in total. The lowest BCUT2D eigenvalue weighted by Gasteiger charge is -2.32. The number of carbonyl (C=O) groups excluding carboxylic acids is 1. The van der Waals surface area contributed by atoms with Crippen molar-refractivity contribution in [1.29, 1.82) is 0 Å². The first-order chi connectivity index (χ1) is 12.2. The van der Waals surface area contributed by atoms with E-state index < -0.39 is 0 Å². The van der Waals surface area contributed by atoms with Crippen molar-refractivity contribution in [2.45, 2.75) is 44.4 Å². The Morgan fingerprint density at radius 3 is 2.76 bits per heavy atom. The van der Waals surface area contributed by atoms with E-state index in [0.29, 0.717) is 18.4 Å². The number of likely N-dealkylation sites (tertiary alicyclic amines) is 2. The summed E-state index contributed by atoms with van der Waals surface area (Å²) in [6, 6.07) is 10.9. The molecule has 5 heteroatoms. The number of rotatable bonds is 3. The van der Waals surface area contributed by atoms with E-state index in [-0.39, 0.29) is 18.2 Å². The normalized spacial score (nSPS) is 32.6. The quantitative estimate of drug-likeness (QED) is 0.883. The van der Waals surface area contributed by atoms with Gasteiger partial charge >= 0.3 is 6.03 Å². The second-order valence-corrected chi connectivity index (χ2v) is 7.98. The average Bonchev–Trinajstić information content (AvgIpc) is 3.17. The SMILES string of the molecule is O=C(N[C@@H]1CC[C@@H]2CN(Cc3ccccc3)C[C@H]21)N1CCC[C@@H](O)C1. The monoisotopic (exact) mass is 343 g/mol. The Morgan fingerprint density at radius 1 is 1.12 bits per heavy atom. The van der Waals surface area contributed by atoms with Crippen LogP contribution in [-0.2, 0) is 6.54 Å². The molecule has 2 saturated heterocycles. The maximum absolute atomic E-state index is 12.6. The van der Waals surface area contributed by atoms with E-state index in [1.165, 1.54) is 12.0 Å². The summed E-state index contributed by atoms with van der Waals surface area (Å²) < 4.78 is 0. The van der Waals surface area contributed by atoms with Crippen molar-refractivity contribution < 1.29 is 9.90 Å². The molecular formula is C20H29N3O2. The molecule has 1 aliphatic carbocycles. The third kappa shape index (κ3) is 3.82. The summed E-state index contributed by atoms with van der Waals surface area (Å²) >= 11 is 0. The number of aliphatic hydroxyl groups is 1. The molecule has 2 aliphatic heterocycles. The van der Waals surface area contributed by atoms with Crippen molar-refractivity contribution in [3.05, 3.63) is 35.9 Å². The molecule has 2 heterocycles. The lowest BCUT2D eigenvalue weighted by molar-refractivity contribution is 0.0826. The molecule has 0 spiro atoms. The Morgan fingerprint density at radius 2 is 1.96 bits per heavy atom. The highest BCUT2D eigenvalue weighted by atomic mass is 16.3. The molecule has 4 atom stereocenters. The standard InChI is InChI=1S/C20H29N3O2/c24-17-7-4-10-23(13-17)20(25)21-19-9-8-16-12-22(14-18(16)19)11-15-5-2-1-3-6-15/h1-3,5-6,16-19,24H,4,7-14H2,(H,21,25)/t16-,17-,18-,19-/m1/s1. The number of fused-ring (bicyclic) bond motifs is 1. The molecule has 3 aliphatic rings. The average molecular weight is 343 g/mol. The molecule has 4 rings (SSSR count). The summed E-state index contributed by atoms with van der Waals surface area (Å²) in [5, 5.41) is 13.1. The lowest BCUT2D eigenvalue weighted by Crippen LogP contribution is -2.51. The predicted molar refractivity (Wildman–Crippen MR) is 97.1 cm³/mol. The van der Waals surface area contributed by atoms with E-state index in [1.54, 1.807) is 4.90 Å². The number of nitrogens with one attached hydrogen (secondary N) is 1. The van der Waals surface area contributed by atoms with Crippen molar-refractivity contribution in [2.24, 2.45) is 11.8 Å². The lowest BCUT2D eigenvalue weighted by atomic mass is 9.98. The minimum Gasteiger partial charge on any atom is -0.391 e. The Labute approximate surface area is 150 Å². The van der Waals surface area contributed by atoms with Crippen LogP contribution >= 0.6 is 0 Å². The van der Waals surface area contributed by atoms with Crippen LogP contribution in [0.15, 0.2) is 30.3 Å². The fourth-order valence-electron chi connectivity index (χ4n) is 4.90. The van der Waals surface area contributed by atoms with Crippen molar-refractivity contribution in [3.8, 4) is 0 Å². The van der Waals surface area contributed by atoms with Gasteiger partial charge in [0.25, 0.3) is 0 Å². The van der Waals surface area contributed by atoms with Crippen molar-refractivity contribution in [1.82, 2.24) is 15.1 Å². The number of nitrogens with zero attached hydrogens (tertiary/aromatic N) is 2. The molecule has 1 saturated carbocycles. The number of piperidine rings is 1. The molecule has 25 heavy (non-hydrogen) atoms. The van der Waals surface area contributed by atoms with E-state index in [9.17, 15) is 9.90 Å². The first kappa shape index (κ1) is 16.9. The van der Waals surface area contributed by atoms with Gasteiger partial charge < -0.3 is 15.3 Å². The van der Waals surface area contributed by atoms with Crippen LogP contribution in [-0.4, -0.2) is 59.3 Å². The Bertz CT molecular complexity index is 594. The van der Waals surface area contributed by atoms with Gasteiger partial charge in [-0.3, -0.25) is 4.90 Å². The molecule has 1 aromatic carbocycles. The smallest absolute Gasteiger partial charge is 0.317 e. The number of urea groups is 1. The van der Waals surface area contributed by atoms with Crippen LogP contribution in [0.4, 0.5) is 4.79 Å². The van der Waals surface area contributed by atoms with Gasteiger partial charge in [0, 0.05) is 38.8 Å². The molecule has 5 nitrogen and oxygen atoms in total. The predicted octanol–water partition coefficient (Wildman–Crippen LogP) is 2.06. The van der Waals surface area contributed by atoms with Gasteiger partial charge in [0.1, 0.15) is 0 Å². The van der Waals surface area contributed by atoms with E-state index >= 15 is 0 Å². The molecule has 0 radical (unpaired) electrons. The van der Waals surface area contributed by atoms with Crippen LogP contribution in [0.1, 0.15) is 31.2 Å². The maximum atomic E-state index is 12.6. The highest BCUT2D eigenvalue weighted by Crippen LogP contribution is 2.38. The fourth-order valence-corrected chi connectivity index (χ4v) is 4.90. The summed E-state index contributed by atoms with van der Waals surface area (Å²) in [5.74, 6) is 1.28. The molecule has 1 aromatic rings. The fraction of sp³-hybridized carbons (Fsp3) is 0.650. The number of amides is 2. The minimum absolute atomic E-state index is 0.0194. The largest absolute Gasteiger partial charge is 0.391 e. The Kier molecular flexibility index (Phi) is 4.95. The van der Waals surface area contributed by atoms with E-state index in [1.807, 2.05) is 0 Å². The zero-order valence-corrected chi connectivity index (χ0v) is 14.8. The van der Waals surface area contributed by atoms with Gasteiger partial charge in [0.15, 0.2) is 0 Å². The molecule has 0 unspecified atom stereocenters. The summed E-state index contributed by atoms with van der Waals surface area (Å²) in [5.41, 5.74) is 1.37. The van der Waals surface area contributed by atoms with Crippen LogP contribution < -0.4 is 5.32 Å². The highest BCUT2D eigenvalue weighted by Gasteiger charge is 2.43. The zero-order chi connectivity index (χ0) is 17.2. The first-order valence-electron chi connectivity index (χ1n) is 9.69. The van der Waals surface area contributed by atoms with E-state index in [4.69, 9.17) is 0 Å². The third-order valence-electron chi connectivity index (χ3n) is 6.17. The van der Waals surface area contributed by atoms with E-state index in [2.05, 4.69) is 40.5 Å². The van der Waals surface area contributed by atoms with Gasteiger partial charge in [-0.25, -0.2) is 4.79 Å². The zero-order valence-electron chi connectivity index (χ0n) is 14.8. The number of carbonyl (C=O) groups is 1. The van der Waals surface area contributed by atoms with Crippen molar-refractivity contribution in [3.63, 3.8) is 0 Å². The van der Waals surface area contributed by atoms with Gasteiger partial charge in [-0.2, -0.15) is 0 Å². The second kappa shape index (κ2) is 7.34. The van der Waals surface area contributed by atoms with Gasteiger partial charge in [-0.1, -0.05) is 30.3 Å². The molecular weight excluding hydrogens is 314 g/mol. The number of hydrogen-bond acceptors (Lipinski definition) is 3. The summed E-state index contributed by atoms with van der Waals surface area (Å²) in [7, 11) is 0. The van der Waals surface area contributed by atoms with Gasteiger partial charge in [0.2, 0.25) is 0 Å². The van der Waals surface area contributed by atoms with Crippen LogP contribution in [0.2, 0.25) is 0 Å². The van der Waals surface area contributed by atoms with Crippen LogP contribution in [0.25, 0.3) is 0 Å². The van der Waals surface area contributed by atoms with Gasteiger partial charge in [-0.05, 0) is 43.1 Å². The summed E-state index contributed by atoms with van der Waals surface area (Å²) in [4.78, 5) is 16.9. The first-order valence-corrected chi connectivity index (χ1v) is 9.69. The number of β-amino-alcohol motifs (C(OH)–C–C–N with tert-alkyl or cyclic N) is 1.